The van der Waals surface area contributed by atoms with Crippen LogP contribution in [-0.2, 0) is 9.59 Å². The van der Waals surface area contributed by atoms with Crippen LogP contribution in [0.3, 0.4) is 0 Å². The Bertz CT molecular complexity index is 910. The van der Waals surface area contributed by atoms with Crippen LogP contribution in [0, 0.1) is 23.7 Å². The Hall–Kier alpha value is -2.25. The van der Waals surface area contributed by atoms with Crippen molar-refractivity contribution in [3.63, 3.8) is 0 Å². The van der Waals surface area contributed by atoms with E-state index in [4.69, 9.17) is 0 Å². The van der Waals surface area contributed by atoms with Gasteiger partial charge in [0.1, 0.15) is 5.82 Å². The maximum atomic E-state index is 12.3. The third kappa shape index (κ3) is 5.87. The van der Waals surface area contributed by atoms with E-state index < -0.39 is 0 Å². The molecule has 0 aromatic carbocycles. The van der Waals surface area contributed by atoms with Gasteiger partial charge in [0.2, 0.25) is 11.8 Å². The van der Waals surface area contributed by atoms with Gasteiger partial charge >= 0.3 is 0 Å². The van der Waals surface area contributed by atoms with Crippen molar-refractivity contribution in [3.8, 4) is 0 Å². The summed E-state index contributed by atoms with van der Waals surface area (Å²) in [7, 11) is 2.15. The molecule has 7 heteroatoms. The number of allylic oxidation sites excluding steroid dienone is 2. The van der Waals surface area contributed by atoms with Gasteiger partial charge in [-0.1, -0.05) is 65.0 Å². The van der Waals surface area contributed by atoms with E-state index in [0.717, 1.165) is 61.7 Å². The van der Waals surface area contributed by atoms with E-state index >= 15 is 0 Å². The lowest BCUT2D eigenvalue weighted by atomic mass is 9.91. The van der Waals surface area contributed by atoms with Crippen LogP contribution in [0.2, 0.25) is 0 Å². The minimum Gasteiger partial charge on any atom is -0.353 e. The Balaban J connectivity index is 0.000000192. The fourth-order valence-corrected chi connectivity index (χ4v) is 5.61. The minimum absolute atomic E-state index is 0.0354. The number of aromatic nitrogens is 1. The topological polar surface area (TPSA) is 56.8 Å². The molecule has 1 aromatic heterocycles. The molecule has 0 saturated carbocycles. The van der Waals surface area contributed by atoms with Crippen molar-refractivity contribution in [3.05, 3.63) is 35.8 Å². The molecule has 2 amide bonds. The van der Waals surface area contributed by atoms with Crippen LogP contribution in [0.15, 0.2) is 25.3 Å². The van der Waals surface area contributed by atoms with Gasteiger partial charge in [0, 0.05) is 50.1 Å². The van der Waals surface area contributed by atoms with E-state index in [-0.39, 0.29) is 29.6 Å². The summed E-state index contributed by atoms with van der Waals surface area (Å²) in [5, 5.41) is 0. The predicted molar refractivity (Wildman–Crippen MR) is 143 cm³/mol. The van der Waals surface area contributed by atoms with Crippen molar-refractivity contribution in [1.82, 2.24) is 14.2 Å². The molecule has 1 aromatic rings. The van der Waals surface area contributed by atoms with Crippen molar-refractivity contribution in [1.29, 1.82) is 0 Å². The summed E-state index contributed by atoms with van der Waals surface area (Å²) in [6.45, 7) is 18.7. The summed E-state index contributed by atoms with van der Waals surface area (Å²) in [6, 6.07) is 0. The Labute approximate surface area is 209 Å². The van der Waals surface area contributed by atoms with Gasteiger partial charge in [-0.15, -0.1) is 0 Å². The molecule has 6 nitrogen and oxygen atoms in total. The van der Waals surface area contributed by atoms with Crippen LogP contribution in [0.1, 0.15) is 50.5 Å². The van der Waals surface area contributed by atoms with Crippen molar-refractivity contribution < 1.29 is 9.59 Å². The number of likely N-dealkylation sites (N-methyl/N-ethyl adjacent to an activating group) is 1. The second kappa shape index (κ2) is 11.9. The van der Waals surface area contributed by atoms with Crippen LogP contribution >= 0.6 is 11.5 Å². The van der Waals surface area contributed by atoms with E-state index in [0.29, 0.717) is 12.5 Å². The third-order valence-corrected chi connectivity index (χ3v) is 8.07. The summed E-state index contributed by atoms with van der Waals surface area (Å²) in [4.78, 5) is 31.8. The summed E-state index contributed by atoms with van der Waals surface area (Å²) in [6.07, 6.45) is 11.0. The molecule has 1 aliphatic carbocycles. The van der Waals surface area contributed by atoms with Crippen molar-refractivity contribution in [2.24, 2.45) is 23.7 Å². The highest BCUT2D eigenvalue weighted by molar-refractivity contribution is 7.07. The average molecular weight is 485 g/mol. The number of rotatable bonds is 9. The Morgan fingerprint density at radius 3 is 2.32 bits per heavy atom. The van der Waals surface area contributed by atoms with Crippen LogP contribution in [0.25, 0.3) is 12.2 Å². The van der Waals surface area contributed by atoms with Crippen LogP contribution in [0.5, 0.6) is 0 Å². The molecule has 186 valence electrons. The van der Waals surface area contributed by atoms with Gasteiger partial charge in [-0.05, 0) is 37.0 Å². The zero-order chi connectivity index (χ0) is 24.8. The van der Waals surface area contributed by atoms with E-state index in [9.17, 15) is 9.59 Å². The lowest BCUT2D eigenvalue weighted by Crippen LogP contribution is -2.44. The number of amides is 2. The number of nitrogens with zero attached hydrogens (tertiary/aromatic N) is 4. The molecule has 0 spiro atoms. The minimum atomic E-state index is -0.142. The Kier molecular flexibility index (Phi) is 9.25. The molecule has 0 N–H and O–H groups in total. The monoisotopic (exact) mass is 484 g/mol. The van der Waals surface area contributed by atoms with E-state index in [1.54, 1.807) is 0 Å². The molecule has 2 aliphatic heterocycles. The van der Waals surface area contributed by atoms with Gasteiger partial charge in [0.15, 0.2) is 0 Å². The maximum Gasteiger partial charge on any atom is 0.234 e. The zero-order valence-corrected chi connectivity index (χ0v) is 22.0. The molecule has 4 rings (SSSR count). The molecular formula is C27H40N4O2S. The number of imide groups is 1. The Morgan fingerprint density at radius 1 is 1.12 bits per heavy atom. The number of carbonyl (C=O) groups excluding carboxylic acids is 2. The first-order valence-electron chi connectivity index (χ1n) is 12.6. The van der Waals surface area contributed by atoms with Crippen LogP contribution in [0.4, 0.5) is 5.82 Å². The second-order valence-electron chi connectivity index (χ2n) is 9.61. The standard InChI is InChI=1S/C15H23NO2.C12H17N3S/c1-4-6-11(5-2)9-16-14(17)10(3)13(15(16)18)12-7-8-12;1-4-10-11(5-2)16-13-12(10)15-8-6-14(3)7-9-15/h7-8,10-13H,4-6,9H2,1-3H3;4-5H,1-2,6-9H2,3H3. The maximum absolute atomic E-state index is 12.3. The quantitative estimate of drug-likeness (QED) is 0.372. The van der Waals surface area contributed by atoms with Crippen molar-refractivity contribution in [2.45, 2.75) is 40.0 Å². The zero-order valence-electron chi connectivity index (χ0n) is 21.2. The van der Waals surface area contributed by atoms with Crippen molar-refractivity contribution >= 4 is 41.3 Å². The smallest absolute Gasteiger partial charge is 0.234 e. The van der Waals surface area contributed by atoms with E-state index in [1.807, 2.05) is 31.2 Å². The summed E-state index contributed by atoms with van der Waals surface area (Å²) < 4.78 is 4.51. The molecule has 2 saturated heterocycles. The SMILES string of the molecule is C=Cc1snc(N2CCN(C)CC2)c1C=C.CCCC(CC)CN1C(=O)C(C)C(C2C=C2)C1=O. The second-order valence-corrected chi connectivity index (χ2v) is 10.4. The van der Waals surface area contributed by atoms with Gasteiger partial charge < -0.3 is 9.80 Å². The van der Waals surface area contributed by atoms with Gasteiger partial charge in [0.25, 0.3) is 0 Å². The number of carbonyl (C=O) groups is 2. The third-order valence-electron chi connectivity index (χ3n) is 7.22. The summed E-state index contributed by atoms with van der Waals surface area (Å²) in [5.74, 6) is 1.61. The number of piperazine rings is 1. The lowest BCUT2D eigenvalue weighted by Gasteiger charge is -2.33. The van der Waals surface area contributed by atoms with E-state index in [2.05, 4.69) is 48.2 Å². The molecule has 3 atom stereocenters. The highest BCUT2D eigenvalue weighted by atomic mass is 32.1. The molecule has 0 bridgehead atoms. The normalized spacial score (nSPS) is 23.6. The predicted octanol–water partition coefficient (Wildman–Crippen LogP) is 4.80. The molecule has 3 aliphatic rings. The number of hydrogen-bond donors (Lipinski definition) is 0. The average Bonchev–Trinajstić information content (AvgIpc) is 3.54. The number of likely N-dealkylation sites (tertiary alicyclic amines) is 1. The molecule has 3 heterocycles. The molecule has 0 radical (unpaired) electrons. The van der Waals surface area contributed by atoms with E-state index in [1.165, 1.54) is 16.4 Å². The highest BCUT2D eigenvalue weighted by Crippen LogP contribution is 2.39. The molecule has 2 fully saturated rings. The molecular weight excluding hydrogens is 444 g/mol. The lowest BCUT2D eigenvalue weighted by molar-refractivity contribution is -0.140. The van der Waals surface area contributed by atoms with Crippen LogP contribution < -0.4 is 4.90 Å². The number of anilines is 1. The van der Waals surface area contributed by atoms with Gasteiger partial charge in [-0.2, -0.15) is 4.37 Å². The largest absolute Gasteiger partial charge is 0.353 e. The fraction of sp³-hybridized carbons (Fsp3) is 0.593. The summed E-state index contributed by atoms with van der Waals surface area (Å²) >= 11 is 1.50. The first-order valence-corrected chi connectivity index (χ1v) is 13.3. The fourth-order valence-electron chi connectivity index (χ4n) is 4.86. The van der Waals surface area contributed by atoms with Gasteiger partial charge in [0.05, 0.1) is 10.8 Å². The number of hydrogen-bond acceptors (Lipinski definition) is 6. The first kappa shape index (κ1) is 26.4. The summed E-state index contributed by atoms with van der Waals surface area (Å²) in [5.41, 5.74) is 1.13. The first-order chi connectivity index (χ1) is 16.4. The van der Waals surface area contributed by atoms with Crippen molar-refractivity contribution in [2.75, 3.05) is 44.7 Å². The Morgan fingerprint density at radius 2 is 1.79 bits per heavy atom. The molecule has 3 unspecified atom stereocenters. The van der Waals surface area contributed by atoms with Gasteiger partial charge in [-0.25, -0.2) is 0 Å². The van der Waals surface area contributed by atoms with Crippen LogP contribution in [-0.4, -0.2) is 65.8 Å². The highest BCUT2D eigenvalue weighted by Gasteiger charge is 2.49. The molecule has 34 heavy (non-hydrogen) atoms. The van der Waals surface area contributed by atoms with Gasteiger partial charge in [-0.3, -0.25) is 14.5 Å².